The fraction of sp³-hybridized carbons (Fsp3) is 0.364. The van der Waals surface area contributed by atoms with E-state index < -0.39 is 0 Å². The van der Waals surface area contributed by atoms with E-state index in [0.717, 1.165) is 5.56 Å². The van der Waals surface area contributed by atoms with Gasteiger partial charge < -0.3 is 5.21 Å². The highest BCUT2D eigenvalue weighted by Crippen LogP contribution is 2.21. The van der Waals surface area contributed by atoms with Gasteiger partial charge in [0.1, 0.15) is 0 Å². The van der Waals surface area contributed by atoms with Crippen molar-refractivity contribution in [2.45, 2.75) is 20.8 Å². The molecule has 0 aliphatic rings. The summed E-state index contributed by atoms with van der Waals surface area (Å²) >= 11 is 0. The number of rotatable bonds is 1. The number of hydrogen-bond acceptors (Lipinski definition) is 2. The van der Waals surface area contributed by atoms with Crippen LogP contribution in [0.5, 0.6) is 0 Å². The third kappa shape index (κ3) is 2.83. The maximum atomic E-state index is 8.90. The molecule has 1 aromatic rings. The summed E-state index contributed by atoms with van der Waals surface area (Å²) in [5.41, 5.74) is 1.56. The lowest BCUT2D eigenvalue weighted by Crippen LogP contribution is -2.21. The highest BCUT2D eigenvalue weighted by atomic mass is 19.0. The molecule has 0 aromatic heterocycles. The van der Waals surface area contributed by atoms with Crippen LogP contribution < -0.4 is 0 Å². The lowest BCUT2D eigenvalue weighted by Gasteiger charge is -2.19. The van der Waals surface area contributed by atoms with E-state index in [1.807, 2.05) is 51.1 Å². The number of nitrogens with zero attached hydrogens (tertiary/aromatic N) is 1. The smallest absolute Gasteiger partial charge is 0.0921 e. The lowest BCUT2D eigenvalue weighted by molar-refractivity contribution is 0.311. The molecule has 1 N–H and O–H groups in total. The number of oxime groups is 1. The van der Waals surface area contributed by atoms with Crippen molar-refractivity contribution in [3.63, 3.8) is 0 Å². The first-order valence-electron chi connectivity index (χ1n) is 4.33. The van der Waals surface area contributed by atoms with Crippen LogP contribution in [0.4, 0.5) is 4.70 Å². The standard InChI is InChI=1S/C11H15NO.FH/c1-11(2,3)10(12-13)9-7-5-4-6-8-9;/h4-8,13H,1-3H3;1H. The zero-order valence-corrected chi connectivity index (χ0v) is 8.69. The summed E-state index contributed by atoms with van der Waals surface area (Å²) in [5, 5.41) is 12.2. The molecular formula is C11H16FNO. The molecule has 1 aromatic carbocycles. The van der Waals surface area contributed by atoms with Crippen molar-refractivity contribution in [2.24, 2.45) is 10.6 Å². The summed E-state index contributed by atoms with van der Waals surface area (Å²) in [7, 11) is 0. The van der Waals surface area contributed by atoms with Crippen LogP contribution in [-0.2, 0) is 0 Å². The van der Waals surface area contributed by atoms with Gasteiger partial charge in [-0.15, -0.1) is 0 Å². The molecule has 0 aliphatic carbocycles. The third-order valence-corrected chi connectivity index (χ3v) is 1.86. The minimum absolute atomic E-state index is 0. The van der Waals surface area contributed by atoms with Gasteiger partial charge in [0.15, 0.2) is 0 Å². The molecular weight excluding hydrogens is 181 g/mol. The molecule has 0 aliphatic heterocycles. The molecule has 0 saturated heterocycles. The molecule has 0 atom stereocenters. The lowest BCUT2D eigenvalue weighted by atomic mass is 9.86. The second-order valence-electron chi connectivity index (χ2n) is 4.06. The van der Waals surface area contributed by atoms with Gasteiger partial charge in [0.05, 0.1) is 5.71 Å². The van der Waals surface area contributed by atoms with Gasteiger partial charge in [-0.3, -0.25) is 4.70 Å². The van der Waals surface area contributed by atoms with E-state index in [4.69, 9.17) is 5.21 Å². The molecule has 14 heavy (non-hydrogen) atoms. The highest BCUT2D eigenvalue weighted by Gasteiger charge is 2.20. The Bertz CT molecular complexity index is 301. The fourth-order valence-electron chi connectivity index (χ4n) is 1.24. The predicted octanol–water partition coefficient (Wildman–Crippen LogP) is 3.06. The molecule has 0 unspecified atom stereocenters. The van der Waals surface area contributed by atoms with Crippen LogP contribution in [-0.4, -0.2) is 10.9 Å². The Morgan fingerprint density at radius 2 is 1.64 bits per heavy atom. The van der Waals surface area contributed by atoms with E-state index in [2.05, 4.69) is 5.16 Å². The van der Waals surface area contributed by atoms with E-state index in [1.165, 1.54) is 0 Å². The molecule has 3 heteroatoms. The number of hydrogen-bond donors (Lipinski definition) is 1. The van der Waals surface area contributed by atoms with Crippen LogP contribution in [0.25, 0.3) is 0 Å². The summed E-state index contributed by atoms with van der Waals surface area (Å²) in [6.45, 7) is 6.07. The molecule has 0 amide bonds. The third-order valence-electron chi connectivity index (χ3n) is 1.86. The Labute approximate surface area is 83.6 Å². The van der Waals surface area contributed by atoms with Gasteiger partial charge in [0.2, 0.25) is 0 Å². The first-order chi connectivity index (χ1) is 6.05. The topological polar surface area (TPSA) is 32.6 Å². The normalized spacial score (nSPS) is 12.1. The molecule has 0 spiro atoms. The van der Waals surface area contributed by atoms with Crippen LogP contribution in [0.1, 0.15) is 26.3 Å². The quantitative estimate of drug-likeness (QED) is 0.419. The Morgan fingerprint density at radius 1 is 1.14 bits per heavy atom. The van der Waals surface area contributed by atoms with Gasteiger partial charge in [-0.1, -0.05) is 56.3 Å². The van der Waals surface area contributed by atoms with Crippen LogP contribution in [0.15, 0.2) is 35.5 Å². The Balaban J connectivity index is 0.00000169. The molecule has 0 bridgehead atoms. The Morgan fingerprint density at radius 3 is 2.00 bits per heavy atom. The predicted molar refractivity (Wildman–Crippen MR) is 56.7 cm³/mol. The van der Waals surface area contributed by atoms with Gasteiger partial charge in [-0.05, 0) is 5.56 Å². The number of benzene rings is 1. The van der Waals surface area contributed by atoms with Crippen LogP contribution in [0.3, 0.4) is 0 Å². The maximum absolute atomic E-state index is 8.90. The van der Waals surface area contributed by atoms with E-state index in [0.29, 0.717) is 5.71 Å². The van der Waals surface area contributed by atoms with Crippen LogP contribution in [0, 0.1) is 5.41 Å². The average Bonchev–Trinajstić information content (AvgIpc) is 2.05. The summed E-state index contributed by atoms with van der Waals surface area (Å²) in [6, 6.07) is 9.71. The second-order valence-corrected chi connectivity index (χ2v) is 4.06. The van der Waals surface area contributed by atoms with Crippen molar-refractivity contribution in [3.8, 4) is 0 Å². The Kier molecular flexibility index (Phi) is 4.28. The Hall–Kier alpha value is -1.38. The summed E-state index contributed by atoms with van der Waals surface area (Å²) in [5.74, 6) is 0. The molecule has 0 saturated carbocycles. The minimum Gasteiger partial charge on any atom is -0.411 e. The molecule has 1 rings (SSSR count). The zero-order valence-electron chi connectivity index (χ0n) is 8.69. The maximum Gasteiger partial charge on any atom is 0.0921 e. The van der Waals surface area contributed by atoms with Gasteiger partial charge in [-0.25, -0.2) is 0 Å². The van der Waals surface area contributed by atoms with Crippen LogP contribution in [0.2, 0.25) is 0 Å². The van der Waals surface area contributed by atoms with Gasteiger partial charge in [0, 0.05) is 5.41 Å². The summed E-state index contributed by atoms with van der Waals surface area (Å²) in [6.07, 6.45) is 0. The SMILES string of the molecule is CC(C)(C)C(=NO)c1ccccc1.F. The first-order valence-corrected chi connectivity index (χ1v) is 4.33. The van der Waals surface area contributed by atoms with E-state index in [1.54, 1.807) is 0 Å². The van der Waals surface area contributed by atoms with Crippen molar-refractivity contribution in [1.82, 2.24) is 0 Å². The van der Waals surface area contributed by atoms with Gasteiger partial charge in [-0.2, -0.15) is 0 Å². The van der Waals surface area contributed by atoms with Gasteiger partial charge >= 0.3 is 0 Å². The van der Waals surface area contributed by atoms with Crippen molar-refractivity contribution in [1.29, 1.82) is 0 Å². The second kappa shape index (κ2) is 4.74. The van der Waals surface area contributed by atoms with Crippen molar-refractivity contribution in [2.75, 3.05) is 0 Å². The largest absolute Gasteiger partial charge is 0.411 e. The fourth-order valence-corrected chi connectivity index (χ4v) is 1.24. The minimum atomic E-state index is -0.129. The van der Waals surface area contributed by atoms with Gasteiger partial charge in [0.25, 0.3) is 0 Å². The molecule has 0 radical (unpaired) electrons. The zero-order chi connectivity index (χ0) is 9.90. The van der Waals surface area contributed by atoms with Crippen molar-refractivity contribution in [3.05, 3.63) is 35.9 Å². The molecule has 2 nitrogen and oxygen atoms in total. The average molecular weight is 197 g/mol. The molecule has 0 fully saturated rings. The molecule has 78 valence electrons. The van der Waals surface area contributed by atoms with Crippen molar-refractivity contribution < 1.29 is 9.91 Å². The van der Waals surface area contributed by atoms with Crippen molar-refractivity contribution >= 4 is 5.71 Å². The monoisotopic (exact) mass is 197 g/mol. The van der Waals surface area contributed by atoms with E-state index in [9.17, 15) is 0 Å². The summed E-state index contributed by atoms with van der Waals surface area (Å²) in [4.78, 5) is 0. The summed E-state index contributed by atoms with van der Waals surface area (Å²) < 4.78 is 0. The number of halogens is 1. The highest BCUT2D eigenvalue weighted by molar-refractivity contribution is 6.03. The first kappa shape index (κ1) is 12.6. The van der Waals surface area contributed by atoms with E-state index >= 15 is 0 Å². The molecule has 0 heterocycles. The van der Waals surface area contributed by atoms with Crippen LogP contribution >= 0.6 is 0 Å². The van der Waals surface area contributed by atoms with E-state index in [-0.39, 0.29) is 10.1 Å².